The number of carbonyl (C=O) groups excluding carboxylic acids is 1. The lowest BCUT2D eigenvalue weighted by Gasteiger charge is -2.36. The van der Waals surface area contributed by atoms with Gasteiger partial charge in [-0.05, 0) is 40.2 Å². The van der Waals surface area contributed by atoms with Gasteiger partial charge in [-0.1, -0.05) is 18.2 Å². The number of aromatic nitrogens is 3. The van der Waals surface area contributed by atoms with Gasteiger partial charge in [0.05, 0.1) is 11.9 Å². The molecule has 1 N–H and O–H groups in total. The second kappa shape index (κ2) is 8.79. The average Bonchev–Trinajstić information content (AvgIpc) is 3.16. The Bertz CT molecular complexity index is 1040. The fraction of sp³-hybridized carbons (Fsp3) is 0.455. The van der Waals surface area contributed by atoms with Gasteiger partial charge in [0.15, 0.2) is 17.2 Å². The number of carboxylic acid groups (broad SMARTS) is 1. The van der Waals surface area contributed by atoms with Crippen LogP contribution in [0.4, 0.5) is 10.6 Å². The minimum atomic E-state index is -1.09. The number of hydrogen-bond donors (Lipinski definition) is 1. The predicted molar refractivity (Wildman–Crippen MR) is 118 cm³/mol. The van der Waals surface area contributed by atoms with Gasteiger partial charge in [-0.15, -0.1) is 0 Å². The summed E-state index contributed by atoms with van der Waals surface area (Å²) >= 11 is 0. The van der Waals surface area contributed by atoms with E-state index in [0.717, 1.165) is 11.3 Å². The maximum atomic E-state index is 12.3. The molecule has 9 heteroatoms. The normalized spacial score (nSPS) is 15.7. The topological polar surface area (TPSA) is 100 Å². The van der Waals surface area contributed by atoms with Crippen LogP contribution in [0.15, 0.2) is 30.6 Å². The van der Waals surface area contributed by atoms with Crippen molar-refractivity contribution in [3.8, 4) is 0 Å². The van der Waals surface area contributed by atoms with E-state index in [-0.39, 0.29) is 11.8 Å². The van der Waals surface area contributed by atoms with E-state index in [1.54, 1.807) is 15.5 Å². The Morgan fingerprint density at radius 2 is 1.87 bits per heavy atom. The van der Waals surface area contributed by atoms with Crippen molar-refractivity contribution in [1.29, 1.82) is 0 Å². The number of amides is 1. The Kier molecular flexibility index (Phi) is 6.33. The third-order valence-electron chi connectivity index (χ3n) is 4.87. The molecule has 3 rings (SSSR count). The van der Waals surface area contributed by atoms with Crippen LogP contribution < -0.4 is 4.90 Å². The highest BCUT2D eigenvalue weighted by Crippen LogP contribution is 2.25. The first-order valence-electron chi connectivity index (χ1n) is 10.2. The van der Waals surface area contributed by atoms with E-state index in [4.69, 9.17) is 4.74 Å². The van der Waals surface area contributed by atoms with Crippen molar-refractivity contribution in [3.05, 3.63) is 42.0 Å². The number of aromatic carboxylic acids is 1. The van der Waals surface area contributed by atoms with Gasteiger partial charge in [-0.2, -0.15) is 0 Å². The molecule has 3 heterocycles. The van der Waals surface area contributed by atoms with Crippen molar-refractivity contribution in [2.75, 3.05) is 31.1 Å². The number of carbonyl (C=O) groups is 2. The summed E-state index contributed by atoms with van der Waals surface area (Å²) in [4.78, 5) is 36.5. The molecule has 166 valence electrons. The zero-order valence-electron chi connectivity index (χ0n) is 18.6. The lowest BCUT2D eigenvalue weighted by molar-refractivity contribution is 0.0240. The zero-order valence-corrected chi connectivity index (χ0v) is 18.6. The van der Waals surface area contributed by atoms with E-state index >= 15 is 0 Å². The van der Waals surface area contributed by atoms with Crippen molar-refractivity contribution in [3.63, 3.8) is 0 Å². The maximum Gasteiger partial charge on any atom is 0.410 e. The molecule has 1 aliphatic heterocycles. The summed E-state index contributed by atoms with van der Waals surface area (Å²) in [6, 6.07) is 0. The number of hydrogen-bond acceptors (Lipinski definition) is 6. The lowest BCUT2D eigenvalue weighted by atomic mass is 10.2. The highest BCUT2D eigenvalue weighted by Gasteiger charge is 2.28. The zero-order chi connectivity index (χ0) is 22.8. The molecule has 0 saturated carbocycles. The van der Waals surface area contributed by atoms with E-state index in [1.807, 2.05) is 57.7 Å². The molecule has 0 spiro atoms. The van der Waals surface area contributed by atoms with Crippen LogP contribution in [0.5, 0.6) is 0 Å². The third kappa shape index (κ3) is 5.04. The molecule has 2 aromatic heterocycles. The van der Waals surface area contributed by atoms with Crippen molar-refractivity contribution in [2.45, 2.75) is 40.2 Å². The highest BCUT2D eigenvalue weighted by molar-refractivity contribution is 5.87. The number of anilines is 1. The van der Waals surface area contributed by atoms with E-state index in [0.29, 0.717) is 37.6 Å². The Balaban J connectivity index is 1.90. The number of rotatable bonds is 4. The van der Waals surface area contributed by atoms with Crippen LogP contribution in [0.25, 0.3) is 11.2 Å². The molecule has 0 bridgehead atoms. The van der Waals surface area contributed by atoms with Gasteiger partial charge in [-0.25, -0.2) is 19.6 Å². The minimum absolute atomic E-state index is 0.0401. The van der Waals surface area contributed by atoms with Crippen LogP contribution in [0.1, 0.15) is 50.8 Å². The van der Waals surface area contributed by atoms with Crippen LogP contribution >= 0.6 is 0 Å². The molecule has 0 radical (unpaired) electrons. The molecule has 0 atom stereocenters. The summed E-state index contributed by atoms with van der Waals surface area (Å²) in [5, 5.41) is 9.45. The van der Waals surface area contributed by atoms with Crippen molar-refractivity contribution in [1.82, 2.24) is 19.3 Å². The second-order valence-corrected chi connectivity index (χ2v) is 8.42. The second-order valence-electron chi connectivity index (χ2n) is 8.42. The Morgan fingerprint density at radius 3 is 2.45 bits per heavy atom. The fourth-order valence-electron chi connectivity index (χ4n) is 3.34. The summed E-state index contributed by atoms with van der Waals surface area (Å²) < 4.78 is 7.22. The summed E-state index contributed by atoms with van der Waals surface area (Å²) in [6.45, 7) is 11.5. The van der Waals surface area contributed by atoms with Gasteiger partial charge in [0.2, 0.25) is 0 Å². The summed E-state index contributed by atoms with van der Waals surface area (Å²) in [5.74, 6) is -0.496. The molecule has 9 nitrogen and oxygen atoms in total. The van der Waals surface area contributed by atoms with Crippen LogP contribution in [0.2, 0.25) is 0 Å². The van der Waals surface area contributed by atoms with Crippen molar-refractivity contribution < 1.29 is 19.4 Å². The molecule has 1 aliphatic rings. The van der Waals surface area contributed by atoms with Crippen LogP contribution in [-0.4, -0.2) is 68.2 Å². The summed E-state index contributed by atoms with van der Waals surface area (Å²) in [5.41, 5.74) is 1.60. The van der Waals surface area contributed by atoms with Gasteiger partial charge in [-0.3, -0.25) is 4.40 Å². The predicted octanol–water partition coefficient (Wildman–Crippen LogP) is 3.46. The number of carboxylic acids is 1. The number of allylic oxidation sites excluding steroid dienone is 4. The van der Waals surface area contributed by atoms with Crippen LogP contribution in [0, 0.1) is 0 Å². The first-order valence-corrected chi connectivity index (χ1v) is 10.2. The minimum Gasteiger partial charge on any atom is -0.476 e. The van der Waals surface area contributed by atoms with Gasteiger partial charge < -0.3 is 19.6 Å². The Labute approximate surface area is 181 Å². The van der Waals surface area contributed by atoms with E-state index in [2.05, 4.69) is 9.97 Å². The molecule has 0 aliphatic carbocycles. The number of fused-ring (bicyclic) bond motifs is 1. The van der Waals surface area contributed by atoms with E-state index in [9.17, 15) is 14.7 Å². The molecule has 1 amide bonds. The standard InChI is InChI=1S/C22H29N5O4/c1-6-7-8-15(2)17-13-23-18(19-24-16(20(28)29)14-27(17)19)25-9-11-26(12-10-25)21(30)31-22(3,4)5/h6-8,13-14H,9-12H2,1-5H3,(H,28,29)/b7-6-,15-8+. The number of ether oxygens (including phenoxy) is 1. The fourth-order valence-corrected chi connectivity index (χ4v) is 3.34. The monoisotopic (exact) mass is 427 g/mol. The summed E-state index contributed by atoms with van der Waals surface area (Å²) in [7, 11) is 0. The lowest BCUT2D eigenvalue weighted by Crippen LogP contribution is -2.50. The average molecular weight is 428 g/mol. The van der Waals surface area contributed by atoms with Gasteiger partial charge in [0.1, 0.15) is 5.60 Å². The van der Waals surface area contributed by atoms with E-state index < -0.39 is 11.6 Å². The quantitative estimate of drug-likeness (QED) is 0.746. The third-order valence-corrected chi connectivity index (χ3v) is 4.87. The van der Waals surface area contributed by atoms with E-state index in [1.165, 1.54) is 6.20 Å². The number of nitrogens with zero attached hydrogens (tertiary/aromatic N) is 5. The van der Waals surface area contributed by atoms with Gasteiger partial charge >= 0.3 is 12.1 Å². The van der Waals surface area contributed by atoms with Gasteiger partial charge in [0, 0.05) is 32.4 Å². The Morgan fingerprint density at radius 1 is 1.19 bits per heavy atom. The summed E-state index contributed by atoms with van der Waals surface area (Å²) in [6.07, 6.45) is 8.69. The molecule has 1 fully saturated rings. The molecule has 2 aromatic rings. The molecule has 0 unspecified atom stereocenters. The smallest absolute Gasteiger partial charge is 0.410 e. The molecule has 1 saturated heterocycles. The highest BCUT2D eigenvalue weighted by atomic mass is 16.6. The number of imidazole rings is 1. The SMILES string of the molecule is C/C=C\C=C(/C)c1cnc(N2CCN(C(=O)OC(C)(C)C)CC2)c2nc(C(=O)O)cn12. The van der Waals surface area contributed by atoms with Crippen molar-refractivity contribution in [2.24, 2.45) is 0 Å². The first-order chi connectivity index (χ1) is 14.6. The largest absolute Gasteiger partial charge is 0.476 e. The van der Waals surface area contributed by atoms with Crippen molar-refractivity contribution >= 4 is 29.1 Å². The van der Waals surface area contributed by atoms with Gasteiger partial charge in [0.25, 0.3) is 0 Å². The van der Waals surface area contributed by atoms with Crippen LogP contribution in [-0.2, 0) is 4.74 Å². The Hall–Kier alpha value is -3.36. The maximum absolute atomic E-state index is 12.3. The molecule has 0 aromatic carbocycles. The van der Waals surface area contributed by atoms with Crippen LogP contribution in [0.3, 0.4) is 0 Å². The first kappa shape index (κ1) is 22.3. The number of piperazine rings is 1. The molecule has 31 heavy (non-hydrogen) atoms. The molecular formula is C22H29N5O4. The molecular weight excluding hydrogens is 398 g/mol.